The van der Waals surface area contributed by atoms with Crippen LogP contribution in [-0.4, -0.2) is 91.6 Å². The second-order valence-corrected chi connectivity index (χ2v) is 11.7. The number of nitrogens with one attached hydrogen (secondary N) is 3. The largest absolute Gasteiger partial charge is 0.494 e. The zero-order chi connectivity index (χ0) is 30.9. The van der Waals surface area contributed by atoms with Gasteiger partial charge < -0.3 is 25.6 Å². The molecule has 0 radical (unpaired) electrons. The highest BCUT2D eigenvalue weighted by atomic mass is 19.1. The molecule has 0 unspecified atom stereocenters. The summed E-state index contributed by atoms with van der Waals surface area (Å²) in [4.78, 5) is 40.1. The molecular formula is C26H34B3FN8O4. The van der Waals surface area contributed by atoms with E-state index < -0.39 is 17.0 Å². The number of carbonyl (C=O) groups is 3. The first kappa shape index (κ1) is 30.6. The Morgan fingerprint density at radius 2 is 1.81 bits per heavy atom. The normalized spacial score (nSPS) is 13.0. The SMILES string of the molecule is BC(B)(B)NC(=O)c1nnc(NC(=O)C2CC2)cc1Nc1cc(F)cc(-c2cc(C(=O)N(C)C(C)C)n(C)n2)c1OC. The molecule has 3 N–H and O–H groups in total. The van der Waals surface area contributed by atoms with Gasteiger partial charge in [-0.3, -0.25) is 19.1 Å². The molecule has 0 atom stereocenters. The number of amides is 3. The summed E-state index contributed by atoms with van der Waals surface area (Å²) < 4.78 is 22.2. The summed E-state index contributed by atoms with van der Waals surface area (Å²) in [6.45, 7) is 3.80. The minimum absolute atomic E-state index is 0.0343. The summed E-state index contributed by atoms with van der Waals surface area (Å²) in [7, 11) is 10.2. The first-order valence-electron chi connectivity index (χ1n) is 13.7. The molecule has 0 saturated heterocycles. The van der Waals surface area contributed by atoms with Gasteiger partial charge >= 0.3 is 0 Å². The highest BCUT2D eigenvalue weighted by Gasteiger charge is 2.30. The molecule has 1 fully saturated rings. The van der Waals surface area contributed by atoms with Crippen LogP contribution in [0.5, 0.6) is 5.75 Å². The maximum absolute atomic E-state index is 15.1. The van der Waals surface area contributed by atoms with Gasteiger partial charge in [0, 0.05) is 43.8 Å². The number of rotatable bonds is 10. The van der Waals surface area contributed by atoms with Crippen molar-refractivity contribution in [2.45, 2.75) is 38.0 Å². The third-order valence-electron chi connectivity index (χ3n) is 6.69. The molecule has 1 aliphatic rings. The molecular weight excluding hydrogens is 540 g/mol. The molecule has 3 amide bonds. The van der Waals surface area contributed by atoms with Gasteiger partial charge in [0.05, 0.1) is 24.2 Å². The van der Waals surface area contributed by atoms with E-state index in [2.05, 4.69) is 31.2 Å². The highest BCUT2D eigenvalue weighted by Crippen LogP contribution is 2.39. The lowest BCUT2D eigenvalue weighted by atomic mass is 9.49. The third-order valence-corrected chi connectivity index (χ3v) is 6.69. The Morgan fingerprint density at radius 1 is 1.12 bits per heavy atom. The first-order valence-corrected chi connectivity index (χ1v) is 13.7. The molecule has 0 aliphatic heterocycles. The highest BCUT2D eigenvalue weighted by molar-refractivity contribution is 6.60. The van der Waals surface area contributed by atoms with Crippen LogP contribution in [0.15, 0.2) is 24.3 Å². The summed E-state index contributed by atoms with van der Waals surface area (Å²) in [6.07, 6.45) is 1.60. The van der Waals surface area contributed by atoms with Crippen LogP contribution in [0, 0.1) is 11.7 Å². The van der Waals surface area contributed by atoms with Crippen molar-refractivity contribution in [3.63, 3.8) is 0 Å². The first-order chi connectivity index (χ1) is 19.7. The van der Waals surface area contributed by atoms with Crippen molar-refractivity contribution >= 4 is 58.5 Å². The zero-order valence-corrected chi connectivity index (χ0v) is 25.1. The van der Waals surface area contributed by atoms with E-state index in [0.29, 0.717) is 11.4 Å². The standard InChI is InChI=1S/C26H34B3FN8O4/c1-12(2)37(3)25(41)19-10-16(36-38(19)4)15-8-14(30)9-18(22(15)42-5)31-17-11-20(32-23(39)13-6-7-13)34-35-21(17)24(40)33-26(27,28)29/h8-13H,6-7,27-29H2,1-5H3,(H,33,40)(H2,31,32,34,39). The van der Waals surface area contributed by atoms with Crippen molar-refractivity contribution in [1.29, 1.82) is 0 Å². The van der Waals surface area contributed by atoms with Crippen LogP contribution < -0.4 is 20.7 Å². The van der Waals surface area contributed by atoms with E-state index in [4.69, 9.17) is 4.74 Å². The van der Waals surface area contributed by atoms with E-state index in [1.165, 1.54) is 30.0 Å². The average Bonchev–Trinajstić information content (AvgIpc) is 3.68. The van der Waals surface area contributed by atoms with Crippen LogP contribution in [0.2, 0.25) is 0 Å². The minimum Gasteiger partial charge on any atom is -0.494 e. The number of ether oxygens (including phenoxy) is 1. The van der Waals surface area contributed by atoms with E-state index in [-0.39, 0.29) is 58.0 Å². The number of methoxy groups -OCH3 is 1. The van der Waals surface area contributed by atoms with E-state index >= 15 is 4.39 Å². The molecule has 4 rings (SSSR count). The molecule has 1 aliphatic carbocycles. The number of nitrogens with zero attached hydrogens (tertiary/aromatic N) is 5. The summed E-state index contributed by atoms with van der Waals surface area (Å²) in [5.74, 6) is -1.28. The van der Waals surface area contributed by atoms with Crippen molar-refractivity contribution < 1.29 is 23.5 Å². The topological polar surface area (TPSA) is 143 Å². The second-order valence-electron chi connectivity index (χ2n) is 11.7. The van der Waals surface area contributed by atoms with Crippen LogP contribution in [0.25, 0.3) is 11.3 Å². The average molecular weight is 574 g/mol. The van der Waals surface area contributed by atoms with Crippen LogP contribution >= 0.6 is 0 Å². The lowest BCUT2D eigenvalue weighted by molar-refractivity contribution is -0.117. The van der Waals surface area contributed by atoms with Gasteiger partial charge in [0.25, 0.3) is 11.8 Å². The van der Waals surface area contributed by atoms with Gasteiger partial charge in [0.2, 0.25) is 5.91 Å². The Balaban J connectivity index is 1.77. The predicted octanol–water partition coefficient (Wildman–Crippen LogP) is -0.162. The molecule has 0 spiro atoms. The van der Waals surface area contributed by atoms with Crippen LogP contribution in [0.4, 0.5) is 21.6 Å². The fourth-order valence-electron chi connectivity index (χ4n) is 4.15. The van der Waals surface area contributed by atoms with Gasteiger partial charge in [-0.15, -0.1) is 10.2 Å². The van der Waals surface area contributed by atoms with E-state index in [1.807, 2.05) is 37.4 Å². The van der Waals surface area contributed by atoms with Crippen LogP contribution in [0.1, 0.15) is 47.7 Å². The Bertz CT molecular complexity index is 1540. The summed E-state index contributed by atoms with van der Waals surface area (Å²) in [5, 5.41) is 20.6. The molecule has 1 aromatic carbocycles. The quantitative estimate of drug-likeness (QED) is 0.284. The summed E-state index contributed by atoms with van der Waals surface area (Å²) in [5.41, 5.74) is 1.19. The molecule has 42 heavy (non-hydrogen) atoms. The Morgan fingerprint density at radius 3 is 2.40 bits per heavy atom. The maximum atomic E-state index is 15.1. The smallest absolute Gasteiger partial charge is 0.272 e. The van der Waals surface area contributed by atoms with Crippen molar-refractivity contribution in [3.05, 3.63) is 41.5 Å². The number of aryl methyl sites for hydroxylation is 1. The summed E-state index contributed by atoms with van der Waals surface area (Å²) in [6, 6.07) is 5.47. The van der Waals surface area contributed by atoms with Gasteiger partial charge in [-0.05, 0) is 44.1 Å². The van der Waals surface area contributed by atoms with E-state index in [1.54, 1.807) is 25.1 Å². The fraction of sp³-hybridized carbons (Fsp3) is 0.385. The monoisotopic (exact) mass is 574 g/mol. The van der Waals surface area contributed by atoms with Crippen molar-refractivity contribution in [1.82, 2.24) is 30.2 Å². The van der Waals surface area contributed by atoms with Crippen molar-refractivity contribution in [3.8, 4) is 17.0 Å². The van der Waals surface area contributed by atoms with Gasteiger partial charge in [-0.2, -0.15) is 5.10 Å². The molecule has 1 saturated carbocycles. The second kappa shape index (κ2) is 11.9. The molecule has 0 bridgehead atoms. The Hall–Kier alpha value is -4.36. The zero-order valence-electron chi connectivity index (χ0n) is 25.1. The fourth-order valence-corrected chi connectivity index (χ4v) is 4.15. The van der Waals surface area contributed by atoms with E-state index in [0.717, 1.165) is 12.8 Å². The molecule has 12 nitrogen and oxygen atoms in total. The van der Waals surface area contributed by atoms with Crippen molar-refractivity contribution in [2.75, 3.05) is 24.8 Å². The molecule has 2 heterocycles. The number of aromatic nitrogens is 4. The predicted molar refractivity (Wildman–Crippen MR) is 165 cm³/mol. The number of anilines is 3. The number of hydrogen-bond donors (Lipinski definition) is 3. The van der Waals surface area contributed by atoms with Crippen LogP contribution in [-0.2, 0) is 11.8 Å². The number of carbonyl (C=O) groups excluding carboxylic acids is 3. The van der Waals surface area contributed by atoms with Gasteiger partial charge in [0.15, 0.2) is 17.3 Å². The Kier molecular flexibility index (Phi) is 8.64. The molecule has 3 aromatic rings. The van der Waals surface area contributed by atoms with Gasteiger partial charge in [-0.1, -0.05) is 0 Å². The summed E-state index contributed by atoms with van der Waals surface area (Å²) >= 11 is 0. The third kappa shape index (κ3) is 6.92. The molecule has 16 heteroatoms. The van der Waals surface area contributed by atoms with Gasteiger partial charge in [0.1, 0.15) is 35.0 Å². The Labute approximate surface area is 246 Å². The minimum atomic E-state index is -0.615. The lowest BCUT2D eigenvalue weighted by Crippen LogP contribution is -2.50. The van der Waals surface area contributed by atoms with Crippen LogP contribution in [0.3, 0.4) is 0 Å². The van der Waals surface area contributed by atoms with E-state index in [9.17, 15) is 14.4 Å². The molecule has 2 aromatic heterocycles. The number of halogens is 1. The van der Waals surface area contributed by atoms with Crippen molar-refractivity contribution in [2.24, 2.45) is 13.0 Å². The number of benzene rings is 1. The molecule has 218 valence electrons. The van der Waals surface area contributed by atoms with Gasteiger partial charge in [-0.25, -0.2) is 4.39 Å². The maximum Gasteiger partial charge on any atom is 0.272 e. The lowest BCUT2D eigenvalue weighted by Gasteiger charge is -2.22. The number of hydrogen-bond acceptors (Lipinski definition) is 8.